The molecule has 2 unspecified atom stereocenters. The zero-order valence-corrected chi connectivity index (χ0v) is 13.4. The van der Waals surface area contributed by atoms with Crippen LogP contribution in [0.2, 0.25) is 0 Å². The molecule has 20 heavy (non-hydrogen) atoms. The minimum absolute atomic E-state index is 0.115. The monoisotopic (exact) mass is 276 g/mol. The van der Waals surface area contributed by atoms with Crippen LogP contribution in [0.1, 0.15) is 40.5 Å². The molecule has 0 amide bonds. The maximum Gasteiger partial charge on any atom is 0.175 e. The Labute approximate surface area is 123 Å². The maximum absolute atomic E-state index is 13.1. The summed E-state index contributed by atoms with van der Waals surface area (Å²) in [5.41, 5.74) is 2.15. The summed E-state index contributed by atoms with van der Waals surface area (Å²) in [7, 11) is 0. The quantitative estimate of drug-likeness (QED) is 0.738. The zero-order valence-electron chi connectivity index (χ0n) is 13.4. The summed E-state index contributed by atoms with van der Waals surface area (Å²) >= 11 is 0. The predicted octanol–water partition coefficient (Wildman–Crippen LogP) is 2.63. The van der Waals surface area contributed by atoms with E-state index in [0.29, 0.717) is 12.1 Å². The van der Waals surface area contributed by atoms with Gasteiger partial charge in [-0.3, -0.25) is 14.6 Å². The fourth-order valence-corrected chi connectivity index (χ4v) is 3.54. The van der Waals surface area contributed by atoms with Crippen molar-refractivity contribution in [2.45, 2.75) is 64.7 Å². The average molecular weight is 276 g/mol. The van der Waals surface area contributed by atoms with Gasteiger partial charge in [0, 0.05) is 25.2 Å². The van der Waals surface area contributed by atoms with E-state index in [1.165, 1.54) is 0 Å². The van der Waals surface area contributed by atoms with Crippen LogP contribution >= 0.6 is 0 Å². The Kier molecular flexibility index (Phi) is 4.50. The molecule has 2 fully saturated rings. The van der Waals surface area contributed by atoms with E-state index in [1.807, 2.05) is 0 Å². The van der Waals surface area contributed by atoms with Crippen molar-refractivity contribution in [1.29, 1.82) is 0 Å². The van der Waals surface area contributed by atoms with Crippen LogP contribution in [0.3, 0.4) is 0 Å². The molecule has 0 aliphatic carbocycles. The van der Waals surface area contributed by atoms with Gasteiger partial charge >= 0.3 is 0 Å². The molecule has 2 rings (SSSR count). The molecule has 2 aliphatic heterocycles. The van der Waals surface area contributed by atoms with Gasteiger partial charge in [0.05, 0.1) is 12.1 Å². The summed E-state index contributed by atoms with van der Waals surface area (Å²) in [6.07, 6.45) is 1.88. The van der Waals surface area contributed by atoms with Gasteiger partial charge in [-0.15, -0.1) is 0 Å². The largest absolute Gasteiger partial charge is 0.295 e. The van der Waals surface area contributed by atoms with E-state index in [-0.39, 0.29) is 17.9 Å². The summed E-state index contributed by atoms with van der Waals surface area (Å²) < 4.78 is 0. The van der Waals surface area contributed by atoms with Gasteiger partial charge in [0.15, 0.2) is 5.78 Å². The normalized spacial score (nSPS) is 29.1. The van der Waals surface area contributed by atoms with E-state index in [1.54, 1.807) is 0 Å². The molecule has 3 heteroatoms. The number of likely N-dealkylation sites (tertiary alicyclic amines) is 2. The van der Waals surface area contributed by atoms with Crippen molar-refractivity contribution in [2.75, 3.05) is 13.1 Å². The molecule has 3 nitrogen and oxygen atoms in total. The second kappa shape index (κ2) is 5.82. The minimum atomic E-state index is -0.115. The molecule has 112 valence electrons. The molecule has 0 saturated carbocycles. The van der Waals surface area contributed by atoms with Gasteiger partial charge in [-0.25, -0.2) is 0 Å². The fourth-order valence-electron chi connectivity index (χ4n) is 3.54. The van der Waals surface area contributed by atoms with Crippen molar-refractivity contribution in [3.8, 4) is 0 Å². The predicted molar refractivity (Wildman–Crippen MR) is 83.8 cm³/mol. The summed E-state index contributed by atoms with van der Waals surface area (Å²) in [6.45, 7) is 18.8. The highest BCUT2D eigenvalue weighted by molar-refractivity contribution is 5.94. The summed E-state index contributed by atoms with van der Waals surface area (Å²) in [5, 5.41) is 0. The second-order valence-corrected chi connectivity index (χ2v) is 6.69. The van der Waals surface area contributed by atoms with Gasteiger partial charge in [0.25, 0.3) is 0 Å². The van der Waals surface area contributed by atoms with Gasteiger partial charge in [-0.05, 0) is 40.5 Å². The van der Waals surface area contributed by atoms with Crippen molar-refractivity contribution in [3.05, 3.63) is 24.3 Å². The first-order valence-corrected chi connectivity index (χ1v) is 7.75. The van der Waals surface area contributed by atoms with Gasteiger partial charge in [-0.1, -0.05) is 24.3 Å². The van der Waals surface area contributed by atoms with Crippen molar-refractivity contribution in [3.63, 3.8) is 0 Å². The molecular formula is C17H28N2O. The van der Waals surface area contributed by atoms with Crippen LogP contribution in [0.15, 0.2) is 24.3 Å². The van der Waals surface area contributed by atoms with Gasteiger partial charge in [0.1, 0.15) is 0 Å². The molecule has 0 bridgehead atoms. The molecule has 2 atom stereocenters. The molecule has 2 aliphatic rings. The van der Waals surface area contributed by atoms with Crippen molar-refractivity contribution in [1.82, 2.24) is 9.80 Å². The zero-order chi connectivity index (χ0) is 15.0. The van der Waals surface area contributed by atoms with Crippen molar-refractivity contribution in [2.24, 2.45) is 0 Å². The van der Waals surface area contributed by atoms with Crippen LogP contribution in [0.25, 0.3) is 0 Å². The van der Waals surface area contributed by atoms with Crippen molar-refractivity contribution < 1.29 is 4.79 Å². The third kappa shape index (κ3) is 2.61. The molecule has 0 aromatic carbocycles. The van der Waals surface area contributed by atoms with E-state index in [0.717, 1.165) is 37.1 Å². The molecule has 2 saturated heterocycles. The number of carbonyl (C=O) groups excluding carboxylic acids is 1. The molecule has 0 spiro atoms. The Morgan fingerprint density at radius 1 is 0.950 bits per heavy atom. The summed E-state index contributed by atoms with van der Waals surface area (Å²) in [5.74, 6) is 0.289. The fraction of sp³-hybridized carbons (Fsp3) is 0.706. The van der Waals surface area contributed by atoms with Crippen LogP contribution in [-0.4, -0.2) is 52.8 Å². The van der Waals surface area contributed by atoms with Gasteiger partial charge in [0.2, 0.25) is 0 Å². The number of ketones is 1. The number of hydrogen-bond acceptors (Lipinski definition) is 3. The smallest absolute Gasteiger partial charge is 0.175 e. The second-order valence-electron chi connectivity index (χ2n) is 6.69. The van der Waals surface area contributed by atoms with E-state index in [9.17, 15) is 4.79 Å². The number of rotatable bonds is 4. The standard InChI is InChI=1S/C17H28N2O/c1-11(2)18-9-7-13(5)15(18)17(20)16-14(6)8-10-19(16)12(3)4/h11-12,15-16H,5-10H2,1-4H3. The van der Waals surface area contributed by atoms with Gasteiger partial charge in [-0.2, -0.15) is 0 Å². The molecule has 2 heterocycles. The maximum atomic E-state index is 13.1. The number of carbonyl (C=O) groups is 1. The van der Waals surface area contributed by atoms with Crippen molar-refractivity contribution >= 4 is 5.78 Å². The third-order valence-electron chi connectivity index (χ3n) is 4.68. The van der Waals surface area contributed by atoms with E-state index in [4.69, 9.17) is 0 Å². The van der Waals surface area contributed by atoms with Gasteiger partial charge < -0.3 is 0 Å². The Bertz CT molecular complexity index is 387. The van der Waals surface area contributed by atoms with E-state index in [2.05, 4.69) is 50.7 Å². The Morgan fingerprint density at radius 3 is 1.60 bits per heavy atom. The number of hydrogen-bond donors (Lipinski definition) is 0. The van der Waals surface area contributed by atoms with Crippen LogP contribution < -0.4 is 0 Å². The summed E-state index contributed by atoms with van der Waals surface area (Å²) in [4.78, 5) is 17.7. The number of nitrogens with zero attached hydrogens (tertiary/aromatic N) is 2. The lowest BCUT2D eigenvalue weighted by molar-refractivity contribution is -0.126. The Balaban J connectivity index is 2.24. The summed E-state index contributed by atoms with van der Waals surface area (Å²) in [6, 6.07) is 0.530. The topological polar surface area (TPSA) is 23.6 Å². The third-order valence-corrected chi connectivity index (χ3v) is 4.68. The van der Waals surface area contributed by atoms with Crippen LogP contribution in [0.5, 0.6) is 0 Å². The first kappa shape index (κ1) is 15.5. The lowest BCUT2D eigenvalue weighted by Crippen LogP contribution is -2.50. The first-order valence-electron chi connectivity index (χ1n) is 7.75. The Morgan fingerprint density at radius 2 is 1.30 bits per heavy atom. The average Bonchev–Trinajstić information content (AvgIpc) is 2.91. The minimum Gasteiger partial charge on any atom is -0.295 e. The van der Waals surface area contributed by atoms with Crippen LogP contribution in [0.4, 0.5) is 0 Å². The van der Waals surface area contributed by atoms with E-state index >= 15 is 0 Å². The molecular weight excluding hydrogens is 248 g/mol. The highest BCUT2D eigenvalue weighted by Crippen LogP contribution is 2.32. The molecule has 0 radical (unpaired) electrons. The SMILES string of the molecule is C=C1CCN(C(C)C)C1C(=O)C1C(=C)CCN1C(C)C. The lowest BCUT2D eigenvalue weighted by atomic mass is 9.94. The molecule has 0 aromatic rings. The lowest BCUT2D eigenvalue weighted by Gasteiger charge is -2.34. The number of Topliss-reactive ketones (excluding diaryl/α,β-unsaturated/α-hetero) is 1. The van der Waals surface area contributed by atoms with Crippen LogP contribution in [-0.2, 0) is 4.79 Å². The first-order chi connectivity index (χ1) is 9.34. The highest BCUT2D eigenvalue weighted by Gasteiger charge is 2.43. The Hall–Kier alpha value is -0.930. The molecule has 0 aromatic heterocycles. The highest BCUT2D eigenvalue weighted by atomic mass is 16.1. The van der Waals surface area contributed by atoms with Crippen LogP contribution in [0, 0.1) is 0 Å². The molecule has 0 N–H and O–H groups in total. The van der Waals surface area contributed by atoms with E-state index < -0.39 is 0 Å².